The number of hydrogen-bond donors (Lipinski definition) is 2. The highest BCUT2D eigenvalue weighted by molar-refractivity contribution is 7.99. The molecular weight excluding hydrogens is 296 g/mol. The Kier molecular flexibility index (Phi) is 3.38. The zero-order chi connectivity index (χ0) is 14.1. The molecule has 0 spiro atoms. The van der Waals surface area contributed by atoms with Crippen molar-refractivity contribution in [1.29, 1.82) is 0 Å². The Hall–Kier alpha value is -1.98. The van der Waals surface area contributed by atoms with Crippen molar-refractivity contribution in [2.24, 2.45) is 0 Å². The molecule has 0 amide bonds. The predicted molar refractivity (Wildman–Crippen MR) is 78.6 cm³/mol. The van der Waals surface area contributed by atoms with Gasteiger partial charge in [-0.25, -0.2) is 4.79 Å². The second kappa shape index (κ2) is 5.19. The number of hydrogen-bond acceptors (Lipinski definition) is 3. The highest BCUT2D eigenvalue weighted by Gasteiger charge is 2.18. The highest BCUT2D eigenvalue weighted by Crippen LogP contribution is 2.36. The SMILES string of the molecule is O=C(O)c1[nH]c2cccnc2c1Sc1ccc(Cl)cc1. The lowest BCUT2D eigenvalue weighted by molar-refractivity contribution is 0.0688. The second-order valence-corrected chi connectivity index (χ2v) is 5.61. The maximum Gasteiger partial charge on any atom is 0.353 e. The van der Waals surface area contributed by atoms with Gasteiger partial charge in [0.1, 0.15) is 11.2 Å². The first-order chi connectivity index (χ1) is 9.65. The number of aromatic carboxylic acids is 1. The lowest BCUT2D eigenvalue weighted by atomic mass is 10.3. The van der Waals surface area contributed by atoms with Crippen LogP contribution in [0.5, 0.6) is 0 Å². The van der Waals surface area contributed by atoms with Crippen LogP contribution in [0.1, 0.15) is 10.5 Å². The van der Waals surface area contributed by atoms with Crippen LogP contribution in [0.15, 0.2) is 52.4 Å². The van der Waals surface area contributed by atoms with E-state index in [1.165, 1.54) is 11.8 Å². The van der Waals surface area contributed by atoms with E-state index < -0.39 is 5.97 Å². The van der Waals surface area contributed by atoms with Gasteiger partial charge in [0.05, 0.1) is 10.4 Å². The van der Waals surface area contributed by atoms with Crippen LogP contribution in [-0.2, 0) is 0 Å². The Bertz CT molecular complexity index is 783. The number of halogens is 1. The van der Waals surface area contributed by atoms with E-state index in [1.807, 2.05) is 12.1 Å². The molecular formula is C14H9ClN2O2S. The Balaban J connectivity index is 2.11. The number of nitrogens with one attached hydrogen (secondary N) is 1. The average molecular weight is 305 g/mol. The van der Waals surface area contributed by atoms with Crippen LogP contribution in [0.25, 0.3) is 11.0 Å². The van der Waals surface area contributed by atoms with E-state index in [0.717, 1.165) is 4.90 Å². The van der Waals surface area contributed by atoms with Gasteiger partial charge in [0.2, 0.25) is 0 Å². The highest BCUT2D eigenvalue weighted by atomic mass is 35.5. The van der Waals surface area contributed by atoms with Gasteiger partial charge < -0.3 is 10.1 Å². The molecule has 3 rings (SSSR count). The van der Waals surface area contributed by atoms with Crippen LogP contribution in [0.2, 0.25) is 5.02 Å². The fourth-order valence-electron chi connectivity index (χ4n) is 1.87. The number of pyridine rings is 1. The van der Waals surface area contributed by atoms with E-state index in [4.69, 9.17) is 11.6 Å². The van der Waals surface area contributed by atoms with Crippen molar-refractivity contribution >= 4 is 40.4 Å². The van der Waals surface area contributed by atoms with Crippen LogP contribution in [0.4, 0.5) is 0 Å². The molecule has 0 saturated carbocycles. The van der Waals surface area contributed by atoms with Crippen molar-refractivity contribution in [2.45, 2.75) is 9.79 Å². The molecule has 2 aromatic heterocycles. The second-order valence-electron chi connectivity index (χ2n) is 4.09. The minimum Gasteiger partial charge on any atom is -0.477 e. The molecule has 2 heterocycles. The fraction of sp³-hybridized carbons (Fsp3) is 0. The number of aromatic amines is 1. The summed E-state index contributed by atoms with van der Waals surface area (Å²) in [4.78, 5) is 20.0. The maximum atomic E-state index is 11.3. The molecule has 20 heavy (non-hydrogen) atoms. The van der Waals surface area contributed by atoms with Gasteiger partial charge in [-0.3, -0.25) is 4.98 Å². The third kappa shape index (κ3) is 2.37. The van der Waals surface area contributed by atoms with Gasteiger partial charge in [-0.2, -0.15) is 0 Å². The van der Waals surface area contributed by atoms with Gasteiger partial charge in [0.25, 0.3) is 0 Å². The average Bonchev–Trinajstić information content (AvgIpc) is 2.81. The maximum absolute atomic E-state index is 11.3. The molecule has 0 fully saturated rings. The van der Waals surface area contributed by atoms with Gasteiger partial charge in [0.15, 0.2) is 0 Å². The zero-order valence-corrected chi connectivity index (χ0v) is 11.7. The standard InChI is InChI=1S/C14H9ClN2O2S/c15-8-3-5-9(6-4-8)20-13-11-10(2-1-7-16-11)17-12(13)14(18)19/h1-7,17H,(H,18,19). The molecule has 1 aromatic carbocycles. The largest absolute Gasteiger partial charge is 0.477 e. The summed E-state index contributed by atoms with van der Waals surface area (Å²) >= 11 is 7.20. The first-order valence-electron chi connectivity index (χ1n) is 5.78. The molecule has 0 aliphatic rings. The number of benzene rings is 1. The minimum atomic E-state index is -1.00. The summed E-state index contributed by atoms with van der Waals surface area (Å²) < 4.78 is 0. The van der Waals surface area contributed by atoms with Gasteiger partial charge in [-0.15, -0.1) is 0 Å². The molecule has 0 saturated heterocycles. The summed E-state index contributed by atoms with van der Waals surface area (Å²) in [7, 11) is 0. The number of carboxylic acid groups (broad SMARTS) is 1. The van der Waals surface area contributed by atoms with Gasteiger partial charge in [0, 0.05) is 16.1 Å². The third-order valence-corrected chi connectivity index (χ3v) is 4.12. The summed E-state index contributed by atoms with van der Waals surface area (Å²) in [6, 6.07) is 10.8. The van der Waals surface area contributed by atoms with E-state index >= 15 is 0 Å². The topological polar surface area (TPSA) is 66.0 Å². The summed E-state index contributed by atoms with van der Waals surface area (Å²) in [6.45, 7) is 0. The molecule has 0 atom stereocenters. The monoisotopic (exact) mass is 304 g/mol. The molecule has 3 aromatic rings. The molecule has 4 nitrogen and oxygen atoms in total. The Morgan fingerprint density at radius 1 is 1.25 bits per heavy atom. The smallest absolute Gasteiger partial charge is 0.353 e. The van der Waals surface area contributed by atoms with Crippen molar-refractivity contribution < 1.29 is 9.90 Å². The predicted octanol–water partition coefficient (Wildman–Crippen LogP) is 4.07. The van der Waals surface area contributed by atoms with Crippen molar-refractivity contribution in [2.75, 3.05) is 0 Å². The molecule has 2 N–H and O–H groups in total. The van der Waals surface area contributed by atoms with Crippen LogP contribution >= 0.6 is 23.4 Å². The van der Waals surface area contributed by atoms with E-state index in [2.05, 4.69) is 9.97 Å². The van der Waals surface area contributed by atoms with Crippen molar-refractivity contribution in [3.8, 4) is 0 Å². The normalized spacial score (nSPS) is 10.8. The van der Waals surface area contributed by atoms with Crippen LogP contribution in [0, 0.1) is 0 Å². The van der Waals surface area contributed by atoms with Gasteiger partial charge in [-0.1, -0.05) is 23.4 Å². The lowest BCUT2D eigenvalue weighted by Crippen LogP contribution is -1.97. The number of carboxylic acids is 1. The fourth-order valence-corrected chi connectivity index (χ4v) is 3.00. The van der Waals surface area contributed by atoms with E-state index in [-0.39, 0.29) is 5.69 Å². The number of rotatable bonds is 3. The minimum absolute atomic E-state index is 0.152. The number of aromatic nitrogens is 2. The molecule has 6 heteroatoms. The van der Waals surface area contributed by atoms with Crippen LogP contribution < -0.4 is 0 Å². The zero-order valence-electron chi connectivity index (χ0n) is 10.1. The van der Waals surface area contributed by atoms with E-state index in [9.17, 15) is 9.90 Å². The van der Waals surface area contributed by atoms with Crippen LogP contribution in [0.3, 0.4) is 0 Å². The van der Waals surface area contributed by atoms with Crippen molar-refractivity contribution in [3.63, 3.8) is 0 Å². The quantitative estimate of drug-likeness (QED) is 0.765. The molecule has 100 valence electrons. The van der Waals surface area contributed by atoms with Crippen LogP contribution in [-0.4, -0.2) is 21.0 Å². The first-order valence-corrected chi connectivity index (χ1v) is 6.98. The number of nitrogens with zero attached hydrogens (tertiary/aromatic N) is 1. The molecule has 0 unspecified atom stereocenters. The van der Waals surface area contributed by atoms with E-state index in [0.29, 0.717) is 21.0 Å². The molecule has 0 bridgehead atoms. The summed E-state index contributed by atoms with van der Waals surface area (Å²) in [5.74, 6) is -1.00. The van der Waals surface area contributed by atoms with Gasteiger partial charge >= 0.3 is 5.97 Å². The number of H-pyrrole nitrogens is 1. The summed E-state index contributed by atoms with van der Waals surface area (Å²) in [5.41, 5.74) is 1.52. The molecule has 0 aliphatic carbocycles. The van der Waals surface area contributed by atoms with Crippen molar-refractivity contribution in [3.05, 3.63) is 53.3 Å². The Labute approximate surface area is 123 Å². The lowest BCUT2D eigenvalue weighted by Gasteiger charge is -2.01. The summed E-state index contributed by atoms with van der Waals surface area (Å²) in [6.07, 6.45) is 1.65. The first kappa shape index (κ1) is 13.0. The number of carbonyl (C=O) groups is 1. The van der Waals surface area contributed by atoms with E-state index in [1.54, 1.807) is 30.5 Å². The summed E-state index contributed by atoms with van der Waals surface area (Å²) in [5, 5.41) is 9.94. The molecule has 0 aliphatic heterocycles. The molecule has 0 radical (unpaired) electrons. The van der Waals surface area contributed by atoms with Gasteiger partial charge in [-0.05, 0) is 36.4 Å². The Morgan fingerprint density at radius 3 is 2.70 bits per heavy atom. The third-order valence-electron chi connectivity index (χ3n) is 2.76. The number of fused-ring (bicyclic) bond motifs is 1. The Morgan fingerprint density at radius 2 is 2.00 bits per heavy atom. The van der Waals surface area contributed by atoms with Crippen molar-refractivity contribution in [1.82, 2.24) is 9.97 Å².